The van der Waals surface area contributed by atoms with Gasteiger partial charge in [-0.1, -0.05) is 12.1 Å². The molecule has 2 aromatic carbocycles. The van der Waals surface area contributed by atoms with E-state index in [1.54, 1.807) is 33.8 Å². The summed E-state index contributed by atoms with van der Waals surface area (Å²) in [5, 5.41) is 0. The summed E-state index contributed by atoms with van der Waals surface area (Å²) < 4.78 is 45.9. The van der Waals surface area contributed by atoms with Gasteiger partial charge in [0.1, 0.15) is 5.82 Å². The highest BCUT2D eigenvalue weighted by atomic mass is 32.2. The first-order chi connectivity index (χ1) is 15.4. The minimum atomic E-state index is -4.08. The average Bonchev–Trinajstić information content (AvgIpc) is 3.21. The fourth-order valence-electron chi connectivity index (χ4n) is 2.92. The highest BCUT2D eigenvalue weighted by molar-refractivity contribution is 7.91. The van der Waals surface area contributed by atoms with Crippen LogP contribution in [0.2, 0.25) is 0 Å². The van der Waals surface area contributed by atoms with Crippen LogP contribution in [0.1, 0.15) is 38.1 Å². The Hall–Kier alpha value is -3.46. The van der Waals surface area contributed by atoms with Gasteiger partial charge in [-0.25, -0.2) is 22.4 Å². The van der Waals surface area contributed by atoms with Crippen LogP contribution < -0.4 is 4.84 Å². The molecule has 0 radical (unpaired) electrons. The van der Waals surface area contributed by atoms with Crippen molar-refractivity contribution in [1.82, 2.24) is 4.73 Å². The number of hydrogen-bond donors (Lipinski definition) is 0. The van der Waals surface area contributed by atoms with Crippen molar-refractivity contribution >= 4 is 21.8 Å². The molecule has 3 rings (SSSR count). The molecule has 0 N–H and O–H groups in total. The van der Waals surface area contributed by atoms with Crippen molar-refractivity contribution in [2.75, 3.05) is 6.61 Å². The van der Waals surface area contributed by atoms with Gasteiger partial charge in [0.15, 0.2) is 0 Å². The van der Waals surface area contributed by atoms with E-state index in [-0.39, 0.29) is 22.0 Å². The minimum Gasteiger partial charge on any atom is -0.462 e. The Labute approximate surface area is 191 Å². The van der Waals surface area contributed by atoms with Crippen molar-refractivity contribution < 1.29 is 32.0 Å². The second-order valence-electron chi connectivity index (χ2n) is 8.28. The summed E-state index contributed by atoms with van der Waals surface area (Å²) in [5.41, 5.74) is 0.189. The molecule has 174 valence electrons. The summed E-state index contributed by atoms with van der Waals surface area (Å²) in [6.07, 6.45) is 3.01. The Morgan fingerprint density at radius 3 is 2.36 bits per heavy atom. The van der Waals surface area contributed by atoms with Gasteiger partial charge >= 0.3 is 11.9 Å². The predicted molar refractivity (Wildman–Crippen MR) is 119 cm³/mol. The van der Waals surface area contributed by atoms with E-state index in [0.29, 0.717) is 11.1 Å². The van der Waals surface area contributed by atoms with Gasteiger partial charge in [-0.2, -0.15) is 4.73 Å². The maximum atomic E-state index is 13.6. The van der Waals surface area contributed by atoms with Crippen LogP contribution >= 0.6 is 0 Å². The molecule has 0 bridgehead atoms. The van der Waals surface area contributed by atoms with Gasteiger partial charge in [0.05, 0.1) is 33.6 Å². The summed E-state index contributed by atoms with van der Waals surface area (Å²) in [5.74, 6) is -1.86. The number of aromatic nitrogens is 1. The molecule has 1 aromatic heterocycles. The molecule has 0 amide bonds. The molecule has 0 fully saturated rings. The fraction of sp³-hybridized carbons (Fsp3) is 0.250. The number of hydrogen-bond acceptors (Lipinski definition) is 6. The second-order valence-corrected chi connectivity index (χ2v) is 10.2. The van der Waals surface area contributed by atoms with Gasteiger partial charge in [0, 0.05) is 11.8 Å². The second kappa shape index (κ2) is 9.19. The Kier molecular flexibility index (Phi) is 6.73. The average molecular weight is 474 g/mol. The number of nitrogens with zero attached hydrogens (tertiary/aromatic N) is 1. The van der Waals surface area contributed by atoms with Crippen LogP contribution in [-0.4, -0.2) is 31.7 Å². The van der Waals surface area contributed by atoms with Crippen LogP contribution in [0.25, 0.3) is 11.1 Å². The maximum Gasteiger partial charge on any atom is 0.338 e. The highest BCUT2D eigenvalue weighted by Crippen LogP contribution is 2.30. The fourth-order valence-corrected chi connectivity index (χ4v) is 4.23. The zero-order chi connectivity index (χ0) is 24.4. The lowest BCUT2D eigenvalue weighted by atomic mass is 9.98. The molecule has 0 atom stereocenters. The third-order valence-corrected chi connectivity index (χ3v) is 6.43. The molecule has 9 heteroatoms. The van der Waals surface area contributed by atoms with E-state index in [4.69, 9.17) is 9.57 Å². The largest absolute Gasteiger partial charge is 0.462 e. The Morgan fingerprint density at radius 1 is 1.03 bits per heavy atom. The maximum absolute atomic E-state index is 13.6. The molecule has 3 aromatic rings. The van der Waals surface area contributed by atoms with Gasteiger partial charge in [-0.15, -0.1) is 0 Å². The number of halogens is 1. The Morgan fingerprint density at radius 2 is 1.73 bits per heavy atom. The van der Waals surface area contributed by atoms with Crippen LogP contribution in [0, 0.1) is 11.2 Å². The van der Waals surface area contributed by atoms with E-state index in [2.05, 4.69) is 0 Å². The van der Waals surface area contributed by atoms with E-state index >= 15 is 0 Å². The summed E-state index contributed by atoms with van der Waals surface area (Å²) in [7, 11) is -4.08. The Bertz CT molecular complexity index is 1300. The molecule has 0 spiro atoms. The highest BCUT2D eigenvalue weighted by Gasteiger charge is 2.25. The van der Waals surface area contributed by atoms with E-state index in [0.717, 1.165) is 12.1 Å². The Balaban J connectivity index is 2.05. The first-order valence-corrected chi connectivity index (χ1v) is 11.6. The number of sulfone groups is 1. The number of rotatable bonds is 6. The quantitative estimate of drug-likeness (QED) is 0.496. The molecular weight excluding hydrogens is 449 g/mol. The topological polar surface area (TPSA) is 91.7 Å². The number of esters is 1. The zero-order valence-electron chi connectivity index (χ0n) is 18.7. The van der Waals surface area contributed by atoms with Gasteiger partial charge in [0.2, 0.25) is 9.84 Å². The van der Waals surface area contributed by atoms with Crippen LogP contribution in [0.5, 0.6) is 0 Å². The molecule has 0 aliphatic rings. The summed E-state index contributed by atoms with van der Waals surface area (Å²) in [4.78, 5) is 29.7. The van der Waals surface area contributed by atoms with Crippen LogP contribution in [0.15, 0.2) is 70.7 Å². The number of carbonyl (C=O) groups is 2. The van der Waals surface area contributed by atoms with Crippen molar-refractivity contribution in [2.24, 2.45) is 5.41 Å². The van der Waals surface area contributed by atoms with Crippen molar-refractivity contribution in [3.8, 4) is 11.1 Å². The van der Waals surface area contributed by atoms with Crippen molar-refractivity contribution in [1.29, 1.82) is 0 Å². The molecule has 7 nitrogen and oxygen atoms in total. The SMILES string of the molecule is CCOC(=O)c1cc(S(=O)(=O)c2cccc(F)c2)ccc1-c1ccn(OC(=O)C(C)(C)C)c1. The molecule has 0 saturated carbocycles. The van der Waals surface area contributed by atoms with Crippen LogP contribution in [0.3, 0.4) is 0 Å². The normalized spacial score (nSPS) is 11.8. The third kappa shape index (κ3) is 5.31. The van der Waals surface area contributed by atoms with Crippen molar-refractivity contribution in [2.45, 2.75) is 37.5 Å². The van der Waals surface area contributed by atoms with Gasteiger partial charge < -0.3 is 9.57 Å². The lowest BCUT2D eigenvalue weighted by Crippen LogP contribution is -2.30. The number of ether oxygens (including phenoxy) is 1. The van der Waals surface area contributed by atoms with Crippen molar-refractivity contribution in [3.63, 3.8) is 0 Å². The molecule has 33 heavy (non-hydrogen) atoms. The van der Waals surface area contributed by atoms with E-state index in [9.17, 15) is 22.4 Å². The summed E-state index contributed by atoms with van der Waals surface area (Å²) in [6.45, 7) is 6.87. The van der Waals surface area contributed by atoms with Gasteiger partial charge in [-0.05, 0) is 69.7 Å². The zero-order valence-corrected chi connectivity index (χ0v) is 19.5. The third-order valence-electron chi connectivity index (χ3n) is 4.68. The smallest absolute Gasteiger partial charge is 0.338 e. The van der Waals surface area contributed by atoms with Crippen LogP contribution in [0.4, 0.5) is 4.39 Å². The van der Waals surface area contributed by atoms with E-state index < -0.39 is 33.0 Å². The van der Waals surface area contributed by atoms with E-state index in [1.165, 1.54) is 47.5 Å². The first-order valence-electron chi connectivity index (χ1n) is 10.2. The summed E-state index contributed by atoms with van der Waals surface area (Å²) >= 11 is 0. The monoisotopic (exact) mass is 473 g/mol. The number of benzene rings is 2. The molecule has 0 aliphatic heterocycles. The molecular formula is C24H24FNO6S. The molecule has 0 unspecified atom stereocenters. The molecule has 1 heterocycles. The first kappa shape index (κ1) is 24.2. The van der Waals surface area contributed by atoms with Gasteiger partial charge in [-0.3, -0.25) is 0 Å². The number of carbonyl (C=O) groups excluding carboxylic acids is 2. The van der Waals surface area contributed by atoms with Crippen molar-refractivity contribution in [3.05, 3.63) is 72.3 Å². The lowest BCUT2D eigenvalue weighted by molar-refractivity contribution is -0.153. The minimum absolute atomic E-state index is 0.00854. The van der Waals surface area contributed by atoms with Gasteiger partial charge in [0.25, 0.3) is 0 Å². The van der Waals surface area contributed by atoms with Crippen LogP contribution in [-0.2, 0) is 19.4 Å². The standard InChI is InChI=1S/C24H24FNO6S/c1-5-31-22(27)21-14-19(33(29,30)18-8-6-7-17(25)13-18)9-10-20(21)16-11-12-26(15-16)32-23(28)24(2,3)4/h6-15H,5H2,1-4H3. The predicted octanol–water partition coefficient (Wildman–Crippen LogP) is 4.31. The lowest BCUT2D eigenvalue weighted by Gasteiger charge is -2.16. The molecule has 0 saturated heterocycles. The molecule has 0 aliphatic carbocycles. The summed E-state index contributed by atoms with van der Waals surface area (Å²) in [6, 6.07) is 10.2. The van der Waals surface area contributed by atoms with E-state index in [1.807, 2.05) is 0 Å².